The molecule has 1 aliphatic carbocycles. The number of methoxy groups -OCH3 is 1. The summed E-state index contributed by atoms with van der Waals surface area (Å²) >= 11 is 5.36. The first kappa shape index (κ1) is 16.9. The van der Waals surface area contributed by atoms with Gasteiger partial charge in [-0.15, -0.1) is 0 Å². The van der Waals surface area contributed by atoms with Crippen LogP contribution < -0.4 is 15.0 Å². The fraction of sp³-hybridized carbons (Fsp3) is 0.263. The molecule has 1 fully saturated rings. The van der Waals surface area contributed by atoms with Crippen molar-refractivity contribution in [3.8, 4) is 22.8 Å². The lowest BCUT2D eigenvalue weighted by Crippen LogP contribution is -2.19. The van der Waals surface area contributed by atoms with E-state index in [4.69, 9.17) is 31.4 Å². The molecule has 0 unspecified atom stereocenters. The van der Waals surface area contributed by atoms with Gasteiger partial charge in [0, 0.05) is 11.6 Å². The van der Waals surface area contributed by atoms with Crippen LogP contribution in [0.4, 0.5) is 0 Å². The molecular formula is C19H15N3O5S. The third-order valence-corrected chi connectivity index (χ3v) is 5.18. The second-order valence-electron chi connectivity index (χ2n) is 6.67. The number of nitrogens with one attached hydrogen (secondary N) is 1. The topological polar surface area (TPSA) is 95.4 Å². The molecule has 0 amide bonds. The number of ether oxygens (including phenoxy) is 3. The van der Waals surface area contributed by atoms with E-state index in [1.54, 1.807) is 18.2 Å². The molecule has 2 aliphatic rings. The molecule has 28 heavy (non-hydrogen) atoms. The Morgan fingerprint density at radius 1 is 1.29 bits per heavy atom. The summed E-state index contributed by atoms with van der Waals surface area (Å²) in [5.41, 5.74) is 1.31. The lowest BCUT2D eigenvalue weighted by atomic mass is 10.1. The van der Waals surface area contributed by atoms with Crippen LogP contribution in [0.25, 0.3) is 22.3 Å². The number of hydrogen-bond donors (Lipinski definition) is 1. The highest BCUT2D eigenvalue weighted by Crippen LogP contribution is 2.39. The summed E-state index contributed by atoms with van der Waals surface area (Å²) < 4.78 is 17.8. The van der Waals surface area contributed by atoms with Crippen LogP contribution in [0.5, 0.6) is 11.5 Å². The van der Waals surface area contributed by atoms with Crippen molar-refractivity contribution >= 4 is 29.2 Å². The Morgan fingerprint density at radius 3 is 2.82 bits per heavy atom. The van der Waals surface area contributed by atoms with Gasteiger partial charge in [-0.1, -0.05) is 0 Å². The molecule has 1 N–H and O–H groups in total. The van der Waals surface area contributed by atoms with Crippen LogP contribution in [0, 0.1) is 4.77 Å². The minimum Gasteiger partial charge on any atom is -0.465 e. The van der Waals surface area contributed by atoms with Gasteiger partial charge < -0.3 is 14.2 Å². The highest BCUT2D eigenvalue weighted by molar-refractivity contribution is 7.71. The first-order valence-corrected chi connectivity index (χ1v) is 9.15. The molecule has 0 radical (unpaired) electrons. The normalized spacial score (nSPS) is 15.0. The second kappa shape index (κ2) is 6.16. The van der Waals surface area contributed by atoms with E-state index in [0.717, 1.165) is 18.4 Å². The molecule has 3 heterocycles. The first-order valence-electron chi connectivity index (χ1n) is 8.74. The lowest BCUT2D eigenvalue weighted by Gasteiger charge is -2.13. The van der Waals surface area contributed by atoms with Gasteiger partial charge >= 0.3 is 5.97 Å². The number of aromatic amines is 1. The molecular weight excluding hydrogens is 382 g/mol. The number of hydrogen-bond acceptors (Lipinski definition) is 7. The maximum Gasteiger partial charge on any atom is 0.338 e. The van der Waals surface area contributed by atoms with E-state index in [1.165, 1.54) is 7.11 Å². The maximum absolute atomic E-state index is 12.6. The van der Waals surface area contributed by atoms with Gasteiger partial charge in [-0.2, -0.15) is 0 Å². The molecule has 1 saturated carbocycles. The van der Waals surface area contributed by atoms with Crippen LogP contribution in [-0.4, -0.2) is 34.4 Å². The van der Waals surface area contributed by atoms with Crippen LogP contribution >= 0.6 is 12.2 Å². The summed E-state index contributed by atoms with van der Waals surface area (Å²) in [6.07, 6.45) is 1.89. The Morgan fingerprint density at radius 2 is 2.07 bits per heavy atom. The van der Waals surface area contributed by atoms with E-state index >= 15 is 0 Å². The molecule has 2 aromatic heterocycles. The highest BCUT2D eigenvalue weighted by Gasteiger charge is 2.29. The van der Waals surface area contributed by atoms with Gasteiger partial charge in [-0.05, 0) is 49.3 Å². The predicted octanol–water partition coefficient (Wildman–Crippen LogP) is 2.97. The fourth-order valence-electron chi connectivity index (χ4n) is 3.39. The van der Waals surface area contributed by atoms with E-state index in [9.17, 15) is 9.59 Å². The smallest absolute Gasteiger partial charge is 0.338 e. The molecule has 0 spiro atoms. The first-order chi connectivity index (χ1) is 13.6. The molecule has 5 rings (SSSR count). The quantitative estimate of drug-likeness (QED) is 0.536. The van der Waals surface area contributed by atoms with E-state index in [1.807, 2.05) is 10.6 Å². The molecule has 8 nitrogen and oxygen atoms in total. The number of esters is 1. The number of nitrogens with zero attached hydrogens (tertiary/aromatic N) is 2. The molecule has 1 aliphatic heterocycles. The zero-order chi connectivity index (χ0) is 19.4. The average Bonchev–Trinajstić information content (AvgIpc) is 3.41. The number of carbonyl (C=O) groups excluding carboxylic acids is 1. The zero-order valence-electron chi connectivity index (χ0n) is 14.9. The van der Waals surface area contributed by atoms with E-state index in [2.05, 4.69) is 4.98 Å². The van der Waals surface area contributed by atoms with Crippen LogP contribution in [0.2, 0.25) is 0 Å². The largest absolute Gasteiger partial charge is 0.465 e. The summed E-state index contributed by atoms with van der Waals surface area (Å²) in [6.45, 7) is 0.160. The van der Waals surface area contributed by atoms with Gasteiger partial charge in [0.15, 0.2) is 16.3 Å². The highest BCUT2D eigenvalue weighted by atomic mass is 32.1. The van der Waals surface area contributed by atoms with Crippen LogP contribution in [0.1, 0.15) is 29.2 Å². The van der Waals surface area contributed by atoms with Crippen LogP contribution in [-0.2, 0) is 4.74 Å². The SMILES string of the molecule is COC(=O)c1cc(-c2ccc3c(c2)OCO3)nc2c1c(=O)[nH]c(=S)n2C1CC1. The van der Waals surface area contributed by atoms with Gasteiger partial charge in [-0.25, -0.2) is 9.78 Å². The number of benzene rings is 1. The zero-order valence-corrected chi connectivity index (χ0v) is 15.7. The second-order valence-corrected chi connectivity index (χ2v) is 7.06. The fourth-order valence-corrected chi connectivity index (χ4v) is 3.72. The Labute approximate surface area is 163 Å². The summed E-state index contributed by atoms with van der Waals surface area (Å²) in [6, 6.07) is 7.12. The molecule has 142 valence electrons. The van der Waals surface area contributed by atoms with Crippen molar-refractivity contribution in [1.82, 2.24) is 14.5 Å². The van der Waals surface area contributed by atoms with Gasteiger partial charge in [0.2, 0.25) is 6.79 Å². The molecule has 0 atom stereocenters. The Bertz CT molecular complexity index is 1260. The Balaban J connectivity index is 1.84. The monoisotopic (exact) mass is 397 g/mol. The summed E-state index contributed by atoms with van der Waals surface area (Å²) in [7, 11) is 1.28. The number of fused-ring (bicyclic) bond motifs is 2. The van der Waals surface area contributed by atoms with Crippen LogP contribution in [0.3, 0.4) is 0 Å². The molecule has 3 aromatic rings. The van der Waals surface area contributed by atoms with Crippen molar-refractivity contribution < 1.29 is 19.0 Å². The Hall–Kier alpha value is -3.20. The standard InChI is InChI=1S/C19H15N3O5S/c1-25-18(24)11-7-12(9-2-5-13-14(6-9)27-8-26-13)20-16-15(11)17(23)21-19(28)22(16)10-3-4-10/h2,5-7,10H,3-4,8H2,1H3,(H,21,23,28). The molecule has 1 aromatic carbocycles. The Kier molecular flexibility index (Phi) is 3.73. The van der Waals surface area contributed by atoms with Crippen molar-refractivity contribution in [2.75, 3.05) is 13.9 Å². The van der Waals surface area contributed by atoms with Gasteiger partial charge in [0.05, 0.1) is 23.8 Å². The number of pyridine rings is 1. The number of carbonyl (C=O) groups is 1. The third-order valence-electron chi connectivity index (χ3n) is 4.88. The van der Waals surface area contributed by atoms with Crippen LogP contribution in [0.15, 0.2) is 29.1 Å². The minimum absolute atomic E-state index is 0.144. The number of aromatic nitrogens is 3. The van der Waals surface area contributed by atoms with E-state index < -0.39 is 11.5 Å². The summed E-state index contributed by atoms with van der Waals surface area (Å²) in [5, 5.41) is 0.178. The van der Waals surface area contributed by atoms with Crippen molar-refractivity contribution in [1.29, 1.82) is 0 Å². The van der Waals surface area contributed by atoms with Gasteiger partial charge in [-0.3, -0.25) is 14.3 Å². The van der Waals surface area contributed by atoms with Crippen molar-refractivity contribution in [3.63, 3.8) is 0 Å². The van der Waals surface area contributed by atoms with Crippen molar-refractivity contribution in [2.45, 2.75) is 18.9 Å². The molecule has 0 saturated heterocycles. The third kappa shape index (κ3) is 2.58. The summed E-state index contributed by atoms with van der Waals surface area (Å²) in [4.78, 5) is 32.4. The number of H-pyrrole nitrogens is 1. The average molecular weight is 397 g/mol. The van der Waals surface area contributed by atoms with Crippen molar-refractivity contribution in [3.05, 3.63) is 45.0 Å². The molecule has 9 heteroatoms. The number of rotatable bonds is 3. The predicted molar refractivity (Wildman–Crippen MR) is 102 cm³/mol. The van der Waals surface area contributed by atoms with Gasteiger partial charge in [0.25, 0.3) is 5.56 Å². The van der Waals surface area contributed by atoms with E-state index in [0.29, 0.717) is 27.6 Å². The lowest BCUT2D eigenvalue weighted by molar-refractivity contribution is 0.0603. The van der Waals surface area contributed by atoms with Crippen molar-refractivity contribution in [2.24, 2.45) is 0 Å². The maximum atomic E-state index is 12.6. The minimum atomic E-state index is -0.612. The summed E-state index contributed by atoms with van der Waals surface area (Å²) in [5.74, 6) is 0.637. The van der Waals surface area contributed by atoms with E-state index in [-0.39, 0.29) is 23.8 Å². The van der Waals surface area contributed by atoms with Gasteiger partial charge in [0.1, 0.15) is 5.65 Å². The molecule has 0 bridgehead atoms.